The molecule has 2 aromatic carbocycles. The quantitative estimate of drug-likeness (QED) is 0.799. The zero-order valence-corrected chi connectivity index (χ0v) is 16.2. The molecule has 4 rings (SSSR count). The van der Waals surface area contributed by atoms with Gasteiger partial charge in [0.2, 0.25) is 0 Å². The highest BCUT2D eigenvalue weighted by molar-refractivity contribution is 7.80. The second-order valence-electron chi connectivity index (χ2n) is 6.95. The number of para-hydroxylation sites is 1. The molecule has 26 heavy (non-hydrogen) atoms. The number of benzene rings is 2. The van der Waals surface area contributed by atoms with Crippen LogP contribution in [0.3, 0.4) is 0 Å². The van der Waals surface area contributed by atoms with E-state index in [-0.39, 0.29) is 6.04 Å². The summed E-state index contributed by atoms with van der Waals surface area (Å²) in [7, 11) is 0. The third kappa shape index (κ3) is 2.71. The lowest BCUT2D eigenvalue weighted by atomic mass is 9.90. The molecule has 0 saturated carbocycles. The molecule has 2 aromatic rings. The van der Waals surface area contributed by atoms with Crippen LogP contribution in [0, 0.1) is 0 Å². The Morgan fingerprint density at radius 1 is 1.23 bits per heavy atom. The minimum atomic E-state index is -0.555. The topological polar surface area (TPSA) is 33.7 Å². The van der Waals surface area contributed by atoms with Crippen molar-refractivity contribution < 1.29 is 9.47 Å². The second-order valence-corrected chi connectivity index (χ2v) is 7.33. The van der Waals surface area contributed by atoms with Gasteiger partial charge in [-0.2, -0.15) is 0 Å². The summed E-state index contributed by atoms with van der Waals surface area (Å²) in [6.07, 6.45) is 1.83. The predicted molar refractivity (Wildman–Crippen MR) is 108 cm³/mol. The Kier molecular flexibility index (Phi) is 4.27. The van der Waals surface area contributed by atoms with Crippen LogP contribution in [0.15, 0.2) is 42.5 Å². The number of ether oxygens (including phenoxy) is 2. The van der Waals surface area contributed by atoms with E-state index in [2.05, 4.69) is 54.4 Å². The molecule has 0 aliphatic carbocycles. The maximum absolute atomic E-state index is 6.54. The minimum Gasteiger partial charge on any atom is -0.490 e. The average molecular weight is 369 g/mol. The summed E-state index contributed by atoms with van der Waals surface area (Å²) in [5, 5.41) is 4.19. The summed E-state index contributed by atoms with van der Waals surface area (Å²) in [6.45, 7) is 6.85. The number of thiocarbonyl (C=S) groups is 1. The van der Waals surface area contributed by atoms with Crippen molar-refractivity contribution in [2.24, 2.45) is 0 Å². The zero-order valence-electron chi connectivity index (χ0n) is 15.4. The number of hydrogen-bond acceptors (Lipinski definition) is 3. The molecule has 2 unspecified atom stereocenters. The molecule has 2 bridgehead atoms. The lowest BCUT2D eigenvalue weighted by Gasteiger charge is -2.52. The van der Waals surface area contributed by atoms with Crippen molar-refractivity contribution in [2.45, 2.75) is 45.4 Å². The molecule has 2 aliphatic heterocycles. The number of rotatable bonds is 4. The summed E-state index contributed by atoms with van der Waals surface area (Å²) in [5.41, 5.74) is 2.90. The van der Waals surface area contributed by atoms with Crippen LogP contribution in [0.1, 0.15) is 44.4 Å². The Balaban J connectivity index is 1.76. The van der Waals surface area contributed by atoms with E-state index in [1.54, 1.807) is 0 Å². The molecule has 4 nitrogen and oxygen atoms in total. The maximum atomic E-state index is 6.54. The molecule has 136 valence electrons. The van der Waals surface area contributed by atoms with Gasteiger partial charge in [-0.1, -0.05) is 31.2 Å². The molecule has 0 radical (unpaired) electrons. The molecule has 2 aliphatic rings. The minimum absolute atomic E-state index is 0.128. The van der Waals surface area contributed by atoms with Gasteiger partial charge >= 0.3 is 0 Å². The number of hydrogen-bond donors (Lipinski definition) is 1. The lowest BCUT2D eigenvalue weighted by Crippen LogP contribution is -2.65. The largest absolute Gasteiger partial charge is 0.490 e. The molecular formula is C21H24N2O2S. The first-order chi connectivity index (χ1) is 12.6. The maximum Gasteiger partial charge on any atom is 0.188 e. The fourth-order valence-corrected chi connectivity index (χ4v) is 4.34. The van der Waals surface area contributed by atoms with E-state index in [4.69, 9.17) is 21.7 Å². The van der Waals surface area contributed by atoms with Gasteiger partial charge in [0.15, 0.2) is 22.3 Å². The van der Waals surface area contributed by atoms with Crippen LogP contribution < -0.4 is 19.7 Å². The summed E-state index contributed by atoms with van der Waals surface area (Å²) in [6, 6.07) is 14.7. The number of anilines is 1. The van der Waals surface area contributed by atoms with Gasteiger partial charge < -0.3 is 14.8 Å². The zero-order chi connectivity index (χ0) is 18.3. The van der Waals surface area contributed by atoms with E-state index in [1.807, 2.05) is 19.1 Å². The smallest absolute Gasteiger partial charge is 0.188 e. The number of aryl methyl sites for hydroxylation is 1. The molecule has 2 heterocycles. The summed E-state index contributed by atoms with van der Waals surface area (Å²) in [5.74, 6) is 1.61. The Labute approximate surface area is 160 Å². The standard InChI is InChI=1S/C21H24N2O2S/c1-4-14-9-11-15(12-10-14)23-20(26)22-17-13-21(23,3)25-19-16(17)7-6-8-18(19)24-5-2/h6-12,17H,4-5,13H2,1-3H3,(H,22,26). The normalized spacial score (nSPS) is 23.7. The Morgan fingerprint density at radius 3 is 2.69 bits per heavy atom. The SMILES string of the molecule is CCOc1cccc2c1OC1(C)CC2NC(=S)N1c1ccc(CC)cc1. The first-order valence-corrected chi connectivity index (χ1v) is 9.61. The first-order valence-electron chi connectivity index (χ1n) is 9.20. The predicted octanol–water partition coefficient (Wildman–Crippen LogP) is 4.58. The van der Waals surface area contributed by atoms with E-state index >= 15 is 0 Å². The molecule has 1 N–H and O–H groups in total. The summed E-state index contributed by atoms with van der Waals surface area (Å²) >= 11 is 5.71. The van der Waals surface area contributed by atoms with E-state index < -0.39 is 5.72 Å². The van der Waals surface area contributed by atoms with Crippen molar-refractivity contribution in [1.82, 2.24) is 5.32 Å². The lowest BCUT2D eigenvalue weighted by molar-refractivity contribution is 0.0457. The summed E-state index contributed by atoms with van der Waals surface area (Å²) < 4.78 is 12.3. The van der Waals surface area contributed by atoms with Crippen LogP contribution in [-0.2, 0) is 6.42 Å². The van der Waals surface area contributed by atoms with Gasteiger partial charge in [-0.05, 0) is 56.2 Å². The van der Waals surface area contributed by atoms with Crippen molar-refractivity contribution in [3.05, 3.63) is 53.6 Å². The molecular weight excluding hydrogens is 344 g/mol. The Hall–Kier alpha value is -2.27. The van der Waals surface area contributed by atoms with Crippen molar-refractivity contribution in [1.29, 1.82) is 0 Å². The van der Waals surface area contributed by atoms with Crippen molar-refractivity contribution in [3.63, 3.8) is 0 Å². The number of fused-ring (bicyclic) bond motifs is 4. The molecule has 2 atom stereocenters. The Morgan fingerprint density at radius 2 is 2.00 bits per heavy atom. The molecule has 5 heteroatoms. The molecule has 1 saturated heterocycles. The van der Waals surface area contributed by atoms with Crippen molar-refractivity contribution in [2.75, 3.05) is 11.5 Å². The molecule has 0 aromatic heterocycles. The summed E-state index contributed by atoms with van der Waals surface area (Å²) in [4.78, 5) is 2.09. The van der Waals surface area contributed by atoms with Gasteiger partial charge in [0.25, 0.3) is 0 Å². The van der Waals surface area contributed by atoms with Gasteiger partial charge in [-0.3, -0.25) is 4.90 Å². The van der Waals surface area contributed by atoms with E-state index in [0.717, 1.165) is 35.6 Å². The van der Waals surface area contributed by atoms with Crippen LogP contribution in [-0.4, -0.2) is 17.4 Å². The third-order valence-corrected chi connectivity index (χ3v) is 5.47. The van der Waals surface area contributed by atoms with Crippen LogP contribution in [0.25, 0.3) is 0 Å². The van der Waals surface area contributed by atoms with Gasteiger partial charge in [0.05, 0.1) is 12.6 Å². The van der Waals surface area contributed by atoms with Crippen LogP contribution in [0.2, 0.25) is 0 Å². The number of nitrogens with zero attached hydrogens (tertiary/aromatic N) is 1. The number of nitrogens with one attached hydrogen (secondary N) is 1. The average Bonchev–Trinajstić information content (AvgIpc) is 2.62. The molecule has 0 spiro atoms. The van der Waals surface area contributed by atoms with E-state index in [0.29, 0.717) is 11.7 Å². The van der Waals surface area contributed by atoms with Crippen molar-refractivity contribution in [3.8, 4) is 11.5 Å². The van der Waals surface area contributed by atoms with Gasteiger partial charge in [-0.25, -0.2) is 0 Å². The van der Waals surface area contributed by atoms with Gasteiger partial charge in [0.1, 0.15) is 0 Å². The second kappa shape index (κ2) is 6.47. The van der Waals surface area contributed by atoms with Gasteiger partial charge in [0, 0.05) is 17.7 Å². The van der Waals surface area contributed by atoms with Crippen LogP contribution in [0.4, 0.5) is 5.69 Å². The van der Waals surface area contributed by atoms with Crippen LogP contribution >= 0.6 is 12.2 Å². The highest BCUT2D eigenvalue weighted by Gasteiger charge is 2.49. The van der Waals surface area contributed by atoms with Crippen LogP contribution in [0.5, 0.6) is 11.5 Å². The molecule has 1 fully saturated rings. The first kappa shape index (κ1) is 17.2. The fourth-order valence-electron chi connectivity index (χ4n) is 3.90. The van der Waals surface area contributed by atoms with Gasteiger partial charge in [-0.15, -0.1) is 0 Å². The fraction of sp³-hybridized carbons (Fsp3) is 0.381. The highest BCUT2D eigenvalue weighted by atomic mass is 32.1. The van der Waals surface area contributed by atoms with E-state index in [9.17, 15) is 0 Å². The highest BCUT2D eigenvalue weighted by Crippen LogP contribution is 2.49. The Bertz CT molecular complexity index is 836. The van der Waals surface area contributed by atoms with Crippen molar-refractivity contribution >= 4 is 23.0 Å². The monoisotopic (exact) mass is 368 g/mol. The molecule has 0 amide bonds. The third-order valence-electron chi connectivity index (χ3n) is 5.17. The van der Waals surface area contributed by atoms with E-state index in [1.165, 1.54) is 5.56 Å².